The summed E-state index contributed by atoms with van der Waals surface area (Å²) in [6.45, 7) is 1.99. The van der Waals surface area contributed by atoms with E-state index in [1.807, 2.05) is 25.1 Å². The molecule has 19 heavy (non-hydrogen) atoms. The number of aromatic nitrogens is 1. The Morgan fingerprint density at radius 2 is 2.37 bits per heavy atom. The van der Waals surface area contributed by atoms with Gasteiger partial charge in [-0.25, -0.2) is 4.98 Å². The zero-order valence-electron chi connectivity index (χ0n) is 10.3. The van der Waals surface area contributed by atoms with Crippen LogP contribution in [0.15, 0.2) is 18.2 Å². The first-order valence-corrected chi connectivity index (χ1v) is 7.69. The average Bonchev–Trinajstić information content (AvgIpc) is 2.95. The van der Waals surface area contributed by atoms with E-state index in [0.29, 0.717) is 0 Å². The number of fused-ring (bicyclic) bond motifs is 1. The molecule has 0 saturated carbocycles. The molecular formula is C12H14ClN3OS2. The van der Waals surface area contributed by atoms with E-state index in [1.165, 1.54) is 0 Å². The van der Waals surface area contributed by atoms with Crippen molar-refractivity contribution in [2.75, 3.05) is 16.9 Å². The van der Waals surface area contributed by atoms with Gasteiger partial charge in [0.05, 0.1) is 21.3 Å². The van der Waals surface area contributed by atoms with Gasteiger partial charge in [-0.2, -0.15) is 0 Å². The van der Waals surface area contributed by atoms with Crippen LogP contribution in [0.4, 0.5) is 5.69 Å². The van der Waals surface area contributed by atoms with Gasteiger partial charge in [0.1, 0.15) is 0 Å². The minimum Gasteiger partial charge on any atom is -0.325 e. The van der Waals surface area contributed by atoms with Crippen molar-refractivity contribution in [3.63, 3.8) is 0 Å². The van der Waals surface area contributed by atoms with Crippen LogP contribution >= 0.6 is 35.5 Å². The third-order valence-electron chi connectivity index (χ3n) is 2.80. The number of halogens is 1. The molecule has 0 aliphatic carbocycles. The summed E-state index contributed by atoms with van der Waals surface area (Å²) in [5.74, 6) is 1.74. The highest BCUT2D eigenvalue weighted by Crippen LogP contribution is 2.25. The molecule has 1 unspecified atom stereocenters. The summed E-state index contributed by atoms with van der Waals surface area (Å²) in [6.07, 6.45) is 0. The minimum atomic E-state index is -0.0751. The third kappa shape index (κ3) is 3.20. The van der Waals surface area contributed by atoms with Gasteiger partial charge in [0.15, 0.2) is 0 Å². The quantitative estimate of drug-likeness (QED) is 0.894. The van der Waals surface area contributed by atoms with Crippen molar-refractivity contribution < 1.29 is 4.79 Å². The second-order valence-electron chi connectivity index (χ2n) is 4.18. The fourth-order valence-electron chi connectivity index (χ4n) is 1.91. The summed E-state index contributed by atoms with van der Waals surface area (Å²) < 4.78 is 1.11. The molecule has 102 valence electrons. The lowest BCUT2D eigenvalue weighted by molar-refractivity contribution is -0.117. The SMILES string of the molecule is Cc1nc2ccc(NC(=O)C3CSCN3)cc2s1.Cl. The van der Waals surface area contributed by atoms with E-state index in [-0.39, 0.29) is 24.4 Å². The Balaban J connectivity index is 0.00000133. The molecule has 1 fully saturated rings. The van der Waals surface area contributed by atoms with Crippen LogP contribution in [0.25, 0.3) is 10.2 Å². The lowest BCUT2D eigenvalue weighted by atomic mass is 10.2. The molecule has 7 heteroatoms. The number of amides is 1. The van der Waals surface area contributed by atoms with Crippen molar-refractivity contribution in [1.29, 1.82) is 0 Å². The van der Waals surface area contributed by atoms with E-state index in [1.54, 1.807) is 23.1 Å². The van der Waals surface area contributed by atoms with Gasteiger partial charge in [0.25, 0.3) is 0 Å². The third-order valence-corrected chi connectivity index (χ3v) is 4.67. The number of anilines is 1. The number of nitrogens with one attached hydrogen (secondary N) is 2. The number of carbonyl (C=O) groups excluding carboxylic acids is 1. The fourth-order valence-corrected chi connectivity index (χ4v) is 3.72. The molecule has 1 atom stereocenters. The van der Waals surface area contributed by atoms with E-state index in [9.17, 15) is 4.79 Å². The summed E-state index contributed by atoms with van der Waals surface area (Å²) in [5.41, 5.74) is 1.83. The van der Waals surface area contributed by atoms with Gasteiger partial charge in [-0.1, -0.05) is 0 Å². The van der Waals surface area contributed by atoms with Crippen molar-refractivity contribution in [3.8, 4) is 0 Å². The highest BCUT2D eigenvalue weighted by atomic mass is 35.5. The molecule has 2 heterocycles. The Morgan fingerprint density at radius 1 is 1.53 bits per heavy atom. The van der Waals surface area contributed by atoms with Crippen LogP contribution < -0.4 is 10.6 Å². The number of hydrogen-bond donors (Lipinski definition) is 2. The number of aryl methyl sites for hydroxylation is 1. The van der Waals surface area contributed by atoms with Crippen molar-refractivity contribution in [2.24, 2.45) is 0 Å². The van der Waals surface area contributed by atoms with E-state index in [4.69, 9.17) is 0 Å². The molecule has 0 bridgehead atoms. The van der Waals surface area contributed by atoms with Crippen LogP contribution in [0.2, 0.25) is 0 Å². The second kappa shape index (κ2) is 6.09. The molecule has 1 aliphatic heterocycles. The van der Waals surface area contributed by atoms with Crippen molar-refractivity contribution in [3.05, 3.63) is 23.2 Å². The van der Waals surface area contributed by atoms with Gasteiger partial charge in [-0.3, -0.25) is 10.1 Å². The molecule has 1 aromatic carbocycles. The Labute approximate surface area is 125 Å². The summed E-state index contributed by atoms with van der Waals surface area (Å²) in [5, 5.41) is 7.15. The number of hydrogen-bond acceptors (Lipinski definition) is 5. The molecule has 3 rings (SSSR count). The Hall–Kier alpha value is -0.820. The monoisotopic (exact) mass is 315 g/mol. The second-order valence-corrected chi connectivity index (χ2v) is 6.44. The summed E-state index contributed by atoms with van der Waals surface area (Å²) in [6, 6.07) is 5.76. The van der Waals surface area contributed by atoms with Crippen LogP contribution in [0, 0.1) is 6.92 Å². The molecule has 1 aliphatic rings. The maximum absolute atomic E-state index is 12.0. The van der Waals surface area contributed by atoms with Crippen LogP contribution in [0.5, 0.6) is 0 Å². The number of thiazole rings is 1. The highest BCUT2D eigenvalue weighted by Gasteiger charge is 2.22. The number of benzene rings is 1. The highest BCUT2D eigenvalue weighted by molar-refractivity contribution is 7.99. The van der Waals surface area contributed by atoms with E-state index in [0.717, 1.165) is 32.5 Å². The standard InChI is InChI=1S/C12H13N3OS2.ClH/c1-7-14-9-3-2-8(4-11(9)18-7)15-12(16)10-5-17-6-13-10;/h2-4,10,13H,5-6H2,1H3,(H,15,16);1H. The van der Waals surface area contributed by atoms with Crippen LogP contribution in [0.1, 0.15) is 5.01 Å². The Bertz CT molecular complexity index is 596. The largest absolute Gasteiger partial charge is 0.325 e. The lowest BCUT2D eigenvalue weighted by Crippen LogP contribution is -2.37. The number of thioether (sulfide) groups is 1. The van der Waals surface area contributed by atoms with Crippen molar-refractivity contribution in [2.45, 2.75) is 13.0 Å². The smallest absolute Gasteiger partial charge is 0.242 e. The van der Waals surface area contributed by atoms with Crippen LogP contribution in [-0.4, -0.2) is 28.6 Å². The first kappa shape index (κ1) is 14.6. The Morgan fingerprint density at radius 3 is 3.11 bits per heavy atom. The van der Waals surface area contributed by atoms with E-state index >= 15 is 0 Å². The van der Waals surface area contributed by atoms with E-state index < -0.39 is 0 Å². The first-order valence-electron chi connectivity index (χ1n) is 5.71. The normalized spacial score (nSPS) is 18.3. The lowest BCUT2D eigenvalue weighted by Gasteiger charge is -2.10. The van der Waals surface area contributed by atoms with Gasteiger partial charge in [-0.15, -0.1) is 35.5 Å². The number of carbonyl (C=O) groups is 1. The summed E-state index contributed by atoms with van der Waals surface area (Å²) >= 11 is 3.39. The molecule has 1 amide bonds. The Kier molecular flexibility index (Phi) is 4.67. The van der Waals surface area contributed by atoms with Gasteiger partial charge in [0, 0.05) is 17.3 Å². The van der Waals surface area contributed by atoms with Gasteiger partial charge >= 0.3 is 0 Å². The zero-order chi connectivity index (χ0) is 12.5. The minimum absolute atomic E-state index is 0. The topological polar surface area (TPSA) is 54.0 Å². The van der Waals surface area contributed by atoms with Gasteiger partial charge < -0.3 is 5.32 Å². The maximum atomic E-state index is 12.0. The van der Waals surface area contributed by atoms with Crippen molar-refractivity contribution in [1.82, 2.24) is 10.3 Å². The molecule has 0 radical (unpaired) electrons. The van der Waals surface area contributed by atoms with Gasteiger partial charge in [0.2, 0.25) is 5.91 Å². The molecule has 1 aromatic heterocycles. The van der Waals surface area contributed by atoms with Gasteiger partial charge in [-0.05, 0) is 25.1 Å². The van der Waals surface area contributed by atoms with Crippen molar-refractivity contribution >= 4 is 57.3 Å². The first-order chi connectivity index (χ1) is 8.72. The molecule has 1 saturated heterocycles. The molecule has 2 N–H and O–H groups in total. The zero-order valence-corrected chi connectivity index (χ0v) is 12.8. The predicted molar refractivity (Wildman–Crippen MR) is 84.5 cm³/mol. The average molecular weight is 316 g/mol. The van der Waals surface area contributed by atoms with E-state index in [2.05, 4.69) is 15.6 Å². The summed E-state index contributed by atoms with van der Waals surface area (Å²) in [7, 11) is 0. The number of rotatable bonds is 2. The van der Waals surface area contributed by atoms with Crippen LogP contribution in [0.3, 0.4) is 0 Å². The molecule has 2 aromatic rings. The summed E-state index contributed by atoms with van der Waals surface area (Å²) in [4.78, 5) is 16.4. The maximum Gasteiger partial charge on any atom is 0.242 e. The molecule has 0 spiro atoms. The molecule has 4 nitrogen and oxygen atoms in total. The predicted octanol–water partition coefficient (Wildman–Crippen LogP) is 2.63. The fraction of sp³-hybridized carbons (Fsp3) is 0.333. The number of nitrogens with zero attached hydrogens (tertiary/aromatic N) is 1. The molecular weight excluding hydrogens is 302 g/mol. The van der Waals surface area contributed by atoms with Crippen LogP contribution in [-0.2, 0) is 4.79 Å².